The van der Waals surface area contributed by atoms with E-state index in [4.69, 9.17) is 23.2 Å². The van der Waals surface area contributed by atoms with Crippen LogP contribution >= 0.6 is 23.2 Å². The van der Waals surface area contributed by atoms with E-state index < -0.39 is 0 Å². The van der Waals surface area contributed by atoms with Crippen LogP contribution in [0.5, 0.6) is 0 Å². The summed E-state index contributed by atoms with van der Waals surface area (Å²) < 4.78 is 0. The molecule has 0 nitrogen and oxygen atoms in total. The number of alkyl halides is 2. The topological polar surface area (TPSA) is 0 Å². The molecule has 1 rings (SSSR count). The average Bonchev–Trinajstić information content (AvgIpc) is 1.88. The Kier molecular flexibility index (Phi) is 3.32. The molecular formula is C8H14Cl2. The molecule has 0 N–H and O–H groups in total. The monoisotopic (exact) mass is 180 g/mol. The maximum absolute atomic E-state index is 6.09. The molecule has 3 atom stereocenters. The Balaban J connectivity index is 2.36. The van der Waals surface area contributed by atoms with Crippen molar-refractivity contribution in [2.45, 2.75) is 43.4 Å². The molecule has 0 heterocycles. The molecule has 0 bridgehead atoms. The predicted molar refractivity (Wildman–Crippen MR) is 46.9 cm³/mol. The van der Waals surface area contributed by atoms with Crippen LogP contribution in [0.1, 0.15) is 32.6 Å². The first-order chi connectivity index (χ1) is 4.74. The summed E-state index contributed by atoms with van der Waals surface area (Å²) in [6.07, 6.45) is 4.58. The van der Waals surface area contributed by atoms with Gasteiger partial charge in [0.05, 0.1) is 0 Å². The second kappa shape index (κ2) is 3.82. The van der Waals surface area contributed by atoms with Crippen molar-refractivity contribution in [1.29, 1.82) is 0 Å². The van der Waals surface area contributed by atoms with Crippen LogP contribution in [0.4, 0.5) is 0 Å². The van der Waals surface area contributed by atoms with Crippen LogP contribution < -0.4 is 0 Å². The van der Waals surface area contributed by atoms with Crippen LogP contribution in [0.15, 0.2) is 0 Å². The molecule has 0 saturated heterocycles. The molecule has 10 heavy (non-hydrogen) atoms. The van der Waals surface area contributed by atoms with Gasteiger partial charge in [-0.1, -0.05) is 13.3 Å². The fourth-order valence-corrected chi connectivity index (χ4v) is 2.52. The van der Waals surface area contributed by atoms with Gasteiger partial charge in [-0.05, 0) is 25.2 Å². The van der Waals surface area contributed by atoms with Gasteiger partial charge in [-0.2, -0.15) is 0 Å². The second-order valence-corrected chi connectivity index (χ2v) is 4.27. The first-order valence-corrected chi connectivity index (χ1v) is 4.89. The largest absolute Gasteiger partial charge is 0.123 e. The summed E-state index contributed by atoms with van der Waals surface area (Å²) in [6.45, 7) is 2.20. The van der Waals surface area contributed by atoms with Crippen LogP contribution in [0.2, 0.25) is 0 Å². The van der Waals surface area contributed by atoms with Crippen molar-refractivity contribution in [2.24, 2.45) is 5.92 Å². The highest BCUT2D eigenvalue weighted by Crippen LogP contribution is 2.33. The Hall–Kier alpha value is 0.580. The van der Waals surface area contributed by atoms with Gasteiger partial charge in [0, 0.05) is 10.8 Å². The van der Waals surface area contributed by atoms with Crippen LogP contribution in [0.3, 0.4) is 0 Å². The first-order valence-electron chi connectivity index (χ1n) is 4.02. The third-order valence-corrected chi connectivity index (χ3v) is 3.30. The highest BCUT2D eigenvalue weighted by Gasteiger charge is 2.26. The number of hydrogen-bond donors (Lipinski definition) is 0. The van der Waals surface area contributed by atoms with Gasteiger partial charge in [0.25, 0.3) is 0 Å². The molecule has 1 aliphatic carbocycles. The van der Waals surface area contributed by atoms with E-state index >= 15 is 0 Å². The fraction of sp³-hybridized carbons (Fsp3) is 1.00. The van der Waals surface area contributed by atoms with Gasteiger partial charge < -0.3 is 0 Å². The third-order valence-electron chi connectivity index (χ3n) is 2.37. The Morgan fingerprint density at radius 2 is 2.00 bits per heavy atom. The zero-order valence-electron chi connectivity index (χ0n) is 6.32. The van der Waals surface area contributed by atoms with Gasteiger partial charge in [-0.15, -0.1) is 23.2 Å². The zero-order chi connectivity index (χ0) is 7.56. The van der Waals surface area contributed by atoms with Crippen LogP contribution in [-0.2, 0) is 0 Å². The Morgan fingerprint density at radius 1 is 1.30 bits per heavy atom. The van der Waals surface area contributed by atoms with Crippen molar-refractivity contribution in [3.63, 3.8) is 0 Å². The predicted octanol–water partition coefficient (Wildman–Crippen LogP) is 3.41. The van der Waals surface area contributed by atoms with Crippen molar-refractivity contribution in [3.05, 3.63) is 0 Å². The minimum Gasteiger partial charge on any atom is -0.123 e. The van der Waals surface area contributed by atoms with Crippen molar-refractivity contribution in [3.8, 4) is 0 Å². The molecule has 0 aromatic carbocycles. The van der Waals surface area contributed by atoms with E-state index in [2.05, 4.69) is 6.92 Å². The lowest BCUT2D eigenvalue weighted by molar-refractivity contribution is 0.360. The molecule has 2 heteroatoms. The molecular weight excluding hydrogens is 167 g/mol. The summed E-state index contributed by atoms with van der Waals surface area (Å²) in [4.78, 5) is 0. The van der Waals surface area contributed by atoms with E-state index in [-0.39, 0.29) is 0 Å². The molecule has 1 fully saturated rings. The number of rotatable bonds is 1. The van der Waals surface area contributed by atoms with Gasteiger partial charge in [-0.25, -0.2) is 0 Å². The Morgan fingerprint density at radius 3 is 2.50 bits per heavy atom. The molecule has 1 saturated carbocycles. The van der Waals surface area contributed by atoms with Crippen LogP contribution in [0.25, 0.3) is 0 Å². The van der Waals surface area contributed by atoms with Crippen molar-refractivity contribution in [1.82, 2.24) is 0 Å². The lowest BCUT2D eigenvalue weighted by Gasteiger charge is -2.28. The maximum Gasteiger partial charge on any atom is 0.0378 e. The minimum absolute atomic E-state index is 0.334. The quantitative estimate of drug-likeness (QED) is 0.543. The highest BCUT2D eigenvalue weighted by molar-refractivity contribution is 6.23. The summed E-state index contributed by atoms with van der Waals surface area (Å²) >= 11 is 12.0. The summed E-state index contributed by atoms with van der Waals surface area (Å²) in [5.74, 6) is 0.719. The van der Waals surface area contributed by atoms with E-state index in [1.54, 1.807) is 0 Å². The van der Waals surface area contributed by atoms with E-state index in [1.165, 1.54) is 12.8 Å². The van der Waals surface area contributed by atoms with Gasteiger partial charge in [0.2, 0.25) is 0 Å². The lowest BCUT2D eigenvalue weighted by Crippen LogP contribution is -2.25. The lowest BCUT2D eigenvalue weighted by atomic mass is 9.87. The smallest absolute Gasteiger partial charge is 0.0378 e. The highest BCUT2D eigenvalue weighted by atomic mass is 35.5. The Bertz CT molecular complexity index is 103. The van der Waals surface area contributed by atoms with Gasteiger partial charge in [0.15, 0.2) is 0 Å². The molecule has 3 unspecified atom stereocenters. The van der Waals surface area contributed by atoms with Crippen molar-refractivity contribution < 1.29 is 0 Å². The van der Waals surface area contributed by atoms with Gasteiger partial charge in [0.1, 0.15) is 0 Å². The summed E-state index contributed by atoms with van der Waals surface area (Å²) in [7, 11) is 0. The molecule has 60 valence electrons. The standard InChI is InChI=1S/C8H14Cl2/c1-2-6-3-4-7(9)5-8(6)10/h6-8H,2-5H2,1H3. The molecule has 0 radical (unpaired) electrons. The van der Waals surface area contributed by atoms with Crippen molar-refractivity contribution >= 4 is 23.2 Å². The Labute approximate surface area is 72.9 Å². The second-order valence-electron chi connectivity index (χ2n) is 3.09. The first kappa shape index (κ1) is 8.67. The van der Waals surface area contributed by atoms with E-state index in [0.717, 1.165) is 18.8 Å². The molecule has 0 aromatic rings. The molecule has 0 amide bonds. The minimum atomic E-state index is 0.334. The van der Waals surface area contributed by atoms with Crippen LogP contribution in [-0.4, -0.2) is 10.8 Å². The summed E-state index contributed by atoms with van der Waals surface area (Å²) in [5, 5.41) is 0.673. The molecule has 0 aromatic heterocycles. The van der Waals surface area contributed by atoms with Crippen molar-refractivity contribution in [2.75, 3.05) is 0 Å². The number of halogens is 2. The molecule has 1 aliphatic rings. The fourth-order valence-electron chi connectivity index (χ4n) is 1.59. The van der Waals surface area contributed by atoms with E-state index in [9.17, 15) is 0 Å². The van der Waals surface area contributed by atoms with Crippen LogP contribution in [0, 0.1) is 5.92 Å². The normalized spacial score (nSPS) is 41.7. The SMILES string of the molecule is CCC1CCC(Cl)CC1Cl. The van der Waals surface area contributed by atoms with Gasteiger partial charge in [-0.3, -0.25) is 0 Å². The number of hydrogen-bond acceptors (Lipinski definition) is 0. The zero-order valence-corrected chi connectivity index (χ0v) is 7.83. The molecule has 0 aliphatic heterocycles. The summed E-state index contributed by atoms with van der Waals surface area (Å²) in [6, 6.07) is 0. The van der Waals surface area contributed by atoms with E-state index in [1.807, 2.05) is 0 Å². The molecule has 0 spiro atoms. The third kappa shape index (κ3) is 2.03. The van der Waals surface area contributed by atoms with E-state index in [0.29, 0.717) is 10.8 Å². The maximum atomic E-state index is 6.09. The average molecular weight is 181 g/mol. The van der Waals surface area contributed by atoms with Gasteiger partial charge >= 0.3 is 0 Å². The summed E-state index contributed by atoms with van der Waals surface area (Å²) in [5.41, 5.74) is 0.